The SMILES string of the molecule is CC(=O)NC(CC(C)C)C(=O)NC(CC(C)C)C(=O)N[C@H]1CCCOC1OC(C)=O. The van der Waals surface area contributed by atoms with Crippen molar-refractivity contribution >= 4 is 23.7 Å². The Hall–Kier alpha value is -2.16. The van der Waals surface area contributed by atoms with Gasteiger partial charge in [0, 0.05) is 13.8 Å². The van der Waals surface area contributed by atoms with Crippen molar-refractivity contribution in [2.75, 3.05) is 6.61 Å². The van der Waals surface area contributed by atoms with Crippen LogP contribution in [0.25, 0.3) is 0 Å². The molecule has 0 saturated carbocycles. The Morgan fingerprint density at radius 1 is 0.933 bits per heavy atom. The molecule has 0 radical (unpaired) electrons. The maximum atomic E-state index is 13.0. The fourth-order valence-corrected chi connectivity index (χ4v) is 3.38. The average Bonchev–Trinajstić information content (AvgIpc) is 2.60. The minimum absolute atomic E-state index is 0.150. The summed E-state index contributed by atoms with van der Waals surface area (Å²) < 4.78 is 10.6. The van der Waals surface area contributed by atoms with Crippen LogP contribution >= 0.6 is 0 Å². The van der Waals surface area contributed by atoms with Gasteiger partial charge in [-0.1, -0.05) is 27.7 Å². The molecule has 3 amide bonds. The standard InChI is InChI=1S/C21H37N3O6/c1-12(2)10-17(22-14(5)25)19(27)24-18(11-13(3)4)20(28)23-16-8-7-9-29-21(16)30-15(6)26/h12-13,16-18,21H,7-11H2,1-6H3,(H,22,25)(H,23,28)(H,24,27)/t16-,17?,18?,21?/m0/s1. The number of nitrogens with one attached hydrogen (secondary N) is 3. The second kappa shape index (κ2) is 12.5. The van der Waals surface area contributed by atoms with Crippen LogP contribution in [0.4, 0.5) is 0 Å². The van der Waals surface area contributed by atoms with Crippen LogP contribution in [0.5, 0.6) is 0 Å². The molecule has 0 aliphatic carbocycles. The number of rotatable bonds is 10. The van der Waals surface area contributed by atoms with Crippen molar-refractivity contribution < 1.29 is 28.7 Å². The van der Waals surface area contributed by atoms with Gasteiger partial charge in [-0.15, -0.1) is 0 Å². The van der Waals surface area contributed by atoms with Crippen molar-refractivity contribution in [3.8, 4) is 0 Å². The van der Waals surface area contributed by atoms with Crippen molar-refractivity contribution in [2.24, 2.45) is 11.8 Å². The smallest absolute Gasteiger partial charge is 0.305 e. The number of amides is 3. The van der Waals surface area contributed by atoms with Gasteiger partial charge in [0.1, 0.15) is 12.1 Å². The molecular formula is C21H37N3O6. The third-order valence-corrected chi connectivity index (χ3v) is 4.62. The molecule has 0 aromatic carbocycles. The lowest BCUT2D eigenvalue weighted by atomic mass is 9.99. The summed E-state index contributed by atoms with van der Waals surface area (Å²) in [6.07, 6.45) is 1.38. The highest BCUT2D eigenvalue weighted by molar-refractivity contribution is 5.91. The van der Waals surface area contributed by atoms with Gasteiger partial charge in [-0.2, -0.15) is 0 Å². The second-order valence-electron chi connectivity index (χ2n) is 8.68. The van der Waals surface area contributed by atoms with E-state index in [0.717, 1.165) is 6.42 Å². The molecule has 0 aromatic rings. The highest BCUT2D eigenvalue weighted by atomic mass is 16.7. The van der Waals surface area contributed by atoms with Gasteiger partial charge in [0.25, 0.3) is 0 Å². The minimum Gasteiger partial charge on any atom is -0.434 e. The Bertz CT molecular complexity index is 608. The maximum Gasteiger partial charge on any atom is 0.305 e. The molecule has 9 heteroatoms. The fourth-order valence-electron chi connectivity index (χ4n) is 3.38. The van der Waals surface area contributed by atoms with Gasteiger partial charge >= 0.3 is 5.97 Å². The first-order valence-electron chi connectivity index (χ1n) is 10.7. The summed E-state index contributed by atoms with van der Waals surface area (Å²) in [4.78, 5) is 48.6. The highest BCUT2D eigenvalue weighted by Gasteiger charge is 2.33. The maximum absolute atomic E-state index is 13.0. The summed E-state index contributed by atoms with van der Waals surface area (Å²) in [5, 5.41) is 8.31. The van der Waals surface area contributed by atoms with E-state index in [4.69, 9.17) is 9.47 Å². The molecule has 1 rings (SSSR count). The lowest BCUT2D eigenvalue weighted by Crippen LogP contribution is -2.57. The Morgan fingerprint density at radius 3 is 2.00 bits per heavy atom. The zero-order valence-electron chi connectivity index (χ0n) is 18.9. The number of carbonyl (C=O) groups is 4. The van der Waals surface area contributed by atoms with E-state index in [2.05, 4.69) is 16.0 Å². The molecule has 172 valence electrons. The summed E-state index contributed by atoms with van der Waals surface area (Å²) in [7, 11) is 0. The molecule has 30 heavy (non-hydrogen) atoms. The van der Waals surface area contributed by atoms with E-state index in [1.807, 2.05) is 27.7 Å². The summed E-state index contributed by atoms with van der Waals surface area (Å²) >= 11 is 0. The molecule has 3 N–H and O–H groups in total. The van der Waals surface area contributed by atoms with Crippen LogP contribution < -0.4 is 16.0 Å². The molecule has 0 spiro atoms. The number of esters is 1. The van der Waals surface area contributed by atoms with E-state index in [1.54, 1.807) is 0 Å². The second-order valence-corrected chi connectivity index (χ2v) is 8.68. The molecule has 0 bridgehead atoms. The average molecular weight is 428 g/mol. The summed E-state index contributed by atoms with van der Waals surface area (Å²) in [5.41, 5.74) is 0. The first kappa shape index (κ1) is 25.9. The van der Waals surface area contributed by atoms with E-state index >= 15 is 0 Å². The quantitative estimate of drug-likeness (QED) is 0.451. The third-order valence-electron chi connectivity index (χ3n) is 4.62. The lowest BCUT2D eigenvalue weighted by Gasteiger charge is -2.33. The first-order chi connectivity index (χ1) is 14.0. The predicted octanol–water partition coefficient (Wildman–Crippen LogP) is 1.25. The molecule has 4 atom stereocenters. The van der Waals surface area contributed by atoms with Crippen LogP contribution in [0.3, 0.4) is 0 Å². The van der Waals surface area contributed by atoms with Crippen molar-refractivity contribution in [3.63, 3.8) is 0 Å². The lowest BCUT2D eigenvalue weighted by molar-refractivity contribution is -0.193. The van der Waals surface area contributed by atoms with E-state index in [0.29, 0.717) is 25.9 Å². The topological polar surface area (TPSA) is 123 Å². The minimum atomic E-state index is -0.844. The zero-order chi connectivity index (χ0) is 22.8. The van der Waals surface area contributed by atoms with Crippen molar-refractivity contribution in [1.29, 1.82) is 0 Å². The molecule has 1 heterocycles. The highest BCUT2D eigenvalue weighted by Crippen LogP contribution is 2.16. The van der Waals surface area contributed by atoms with E-state index in [1.165, 1.54) is 13.8 Å². The van der Waals surface area contributed by atoms with Crippen molar-refractivity contribution in [3.05, 3.63) is 0 Å². The number of ether oxygens (including phenoxy) is 2. The van der Waals surface area contributed by atoms with E-state index in [9.17, 15) is 19.2 Å². The molecule has 1 saturated heterocycles. The number of carbonyl (C=O) groups excluding carboxylic acids is 4. The van der Waals surface area contributed by atoms with Crippen LogP contribution in [0.1, 0.15) is 67.2 Å². The third kappa shape index (κ3) is 9.56. The molecule has 3 unspecified atom stereocenters. The largest absolute Gasteiger partial charge is 0.434 e. The molecule has 1 aliphatic rings. The van der Waals surface area contributed by atoms with Crippen LogP contribution in [0.15, 0.2) is 0 Å². The Morgan fingerprint density at radius 2 is 1.50 bits per heavy atom. The number of hydrogen-bond acceptors (Lipinski definition) is 6. The number of hydrogen-bond donors (Lipinski definition) is 3. The summed E-state index contributed by atoms with van der Waals surface area (Å²) in [6, 6.07) is -1.97. The van der Waals surface area contributed by atoms with E-state index in [-0.39, 0.29) is 23.7 Å². The van der Waals surface area contributed by atoms with Crippen molar-refractivity contribution in [1.82, 2.24) is 16.0 Å². The van der Waals surface area contributed by atoms with Crippen LogP contribution in [-0.4, -0.2) is 54.7 Å². The van der Waals surface area contributed by atoms with Gasteiger partial charge in [-0.05, 0) is 37.5 Å². The van der Waals surface area contributed by atoms with E-state index < -0.39 is 36.3 Å². The molecule has 0 aromatic heterocycles. The fraction of sp³-hybridized carbons (Fsp3) is 0.810. The van der Waals surface area contributed by atoms with Crippen LogP contribution in [0.2, 0.25) is 0 Å². The van der Waals surface area contributed by atoms with Gasteiger partial charge in [0.2, 0.25) is 24.0 Å². The van der Waals surface area contributed by atoms with Gasteiger partial charge in [0.05, 0.1) is 12.6 Å². The predicted molar refractivity (Wildman–Crippen MR) is 111 cm³/mol. The molecule has 1 aliphatic heterocycles. The van der Waals surface area contributed by atoms with Gasteiger partial charge in [-0.3, -0.25) is 19.2 Å². The molecule has 9 nitrogen and oxygen atoms in total. The van der Waals surface area contributed by atoms with Gasteiger partial charge in [0.15, 0.2) is 0 Å². The molecule has 1 fully saturated rings. The van der Waals surface area contributed by atoms with Gasteiger partial charge < -0.3 is 25.4 Å². The Balaban J connectivity index is 2.87. The summed E-state index contributed by atoms with van der Waals surface area (Å²) in [5.74, 6) is -1.21. The normalized spacial score (nSPS) is 20.9. The van der Waals surface area contributed by atoms with Crippen molar-refractivity contribution in [2.45, 2.75) is 91.6 Å². The zero-order valence-corrected chi connectivity index (χ0v) is 18.9. The van der Waals surface area contributed by atoms with Gasteiger partial charge in [-0.25, -0.2) is 0 Å². The van der Waals surface area contributed by atoms with Crippen LogP contribution in [0, 0.1) is 11.8 Å². The van der Waals surface area contributed by atoms with Crippen LogP contribution in [-0.2, 0) is 28.7 Å². The Kier molecular flexibility index (Phi) is 10.8. The monoisotopic (exact) mass is 427 g/mol. The summed E-state index contributed by atoms with van der Waals surface area (Å²) in [6.45, 7) is 10.9. The first-order valence-corrected chi connectivity index (χ1v) is 10.7. The molecular weight excluding hydrogens is 390 g/mol. The Labute approximate surface area is 179 Å².